The van der Waals surface area contributed by atoms with Crippen molar-refractivity contribution in [2.75, 3.05) is 6.61 Å². The van der Waals surface area contributed by atoms with Crippen LogP contribution < -0.4 is 4.74 Å². The van der Waals surface area contributed by atoms with Crippen molar-refractivity contribution in [3.8, 4) is 5.75 Å². The van der Waals surface area contributed by atoms with Gasteiger partial charge in [0.25, 0.3) is 0 Å². The van der Waals surface area contributed by atoms with E-state index in [1.54, 1.807) is 24.3 Å². The first-order valence-corrected chi connectivity index (χ1v) is 3.90. The van der Waals surface area contributed by atoms with Crippen LogP contribution in [-0.4, -0.2) is 18.7 Å². The molecule has 0 saturated carbocycles. The van der Waals surface area contributed by atoms with E-state index in [9.17, 15) is 9.59 Å². The molecule has 0 saturated heterocycles. The first-order chi connectivity index (χ1) is 6.24. The summed E-state index contributed by atoms with van der Waals surface area (Å²) in [7, 11) is 0. The summed E-state index contributed by atoms with van der Waals surface area (Å²) >= 11 is 0. The molecule has 0 N–H and O–H groups in total. The number of benzene rings is 1. The lowest BCUT2D eigenvalue weighted by atomic mass is 10.2. The highest BCUT2D eigenvalue weighted by molar-refractivity contribution is 5.80. The molecule has 0 bridgehead atoms. The zero-order valence-corrected chi connectivity index (χ0v) is 7.32. The SMILES string of the molecule is CC(=O)COc1ccccc1C=O. The topological polar surface area (TPSA) is 43.4 Å². The van der Waals surface area contributed by atoms with Crippen molar-refractivity contribution >= 4 is 12.1 Å². The minimum absolute atomic E-state index is 0.00481. The number of aldehydes is 1. The molecule has 13 heavy (non-hydrogen) atoms. The molecule has 0 fully saturated rings. The Morgan fingerprint density at radius 1 is 1.46 bits per heavy atom. The van der Waals surface area contributed by atoms with E-state index in [2.05, 4.69) is 0 Å². The molecule has 3 nitrogen and oxygen atoms in total. The molecule has 1 aromatic carbocycles. The molecule has 0 amide bonds. The number of carbonyl (C=O) groups excluding carboxylic acids is 2. The summed E-state index contributed by atoms with van der Waals surface area (Å²) in [5, 5.41) is 0. The van der Waals surface area contributed by atoms with Crippen LogP contribution in [0, 0.1) is 0 Å². The summed E-state index contributed by atoms with van der Waals surface area (Å²) in [5.41, 5.74) is 0.462. The Bertz CT molecular complexity index is 318. The van der Waals surface area contributed by atoms with Crippen LogP contribution in [0.1, 0.15) is 17.3 Å². The van der Waals surface area contributed by atoms with Crippen LogP contribution in [-0.2, 0) is 4.79 Å². The van der Waals surface area contributed by atoms with Gasteiger partial charge in [-0.1, -0.05) is 12.1 Å². The molecule has 0 aliphatic rings. The number of hydrogen-bond acceptors (Lipinski definition) is 3. The second-order valence-corrected chi connectivity index (χ2v) is 2.65. The molecule has 68 valence electrons. The first kappa shape index (κ1) is 9.45. The van der Waals surface area contributed by atoms with Gasteiger partial charge in [-0.25, -0.2) is 0 Å². The van der Waals surface area contributed by atoms with E-state index in [-0.39, 0.29) is 12.4 Å². The summed E-state index contributed by atoms with van der Waals surface area (Å²) in [4.78, 5) is 21.1. The number of ether oxygens (including phenoxy) is 1. The molecule has 0 aliphatic carbocycles. The van der Waals surface area contributed by atoms with E-state index in [4.69, 9.17) is 4.74 Å². The summed E-state index contributed by atoms with van der Waals surface area (Å²) in [5.74, 6) is 0.383. The molecule has 0 unspecified atom stereocenters. The van der Waals surface area contributed by atoms with E-state index in [1.807, 2.05) is 0 Å². The van der Waals surface area contributed by atoms with Gasteiger partial charge < -0.3 is 4.74 Å². The van der Waals surface area contributed by atoms with Crippen molar-refractivity contribution in [1.29, 1.82) is 0 Å². The molecule has 0 atom stereocenters. The van der Waals surface area contributed by atoms with E-state index in [1.165, 1.54) is 6.92 Å². The van der Waals surface area contributed by atoms with Crippen molar-refractivity contribution in [3.05, 3.63) is 29.8 Å². The highest BCUT2D eigenvalue weighted by atomic mass is 16.5. The zero-order chi connectivity index (χ0) is 9.68. The minimum Gasteiger partial charge on any atom is -0.485 e. The number of rotatable bonds is 4. The van der Waals surface area contributed by atoms with Crippen LogP contribution in [0.3, 0.4) is 0 Å². The maximum atomic E-state index is 10.6. The third kappa shape index (κ3) is 2.71. The van der Waals surface area contributed by atoms with Gasteiger partial charge in [-0.15, -0.1) is 0 Å². The van der Waals surface area contributed by atoms with E-state index < -0.39 is 0 Å². The standard InChI is InChI=1S/C10H10O3/c1-8(12)7-13-10-5-3-2-4-9(10)6-11/h2-6H,7H2,1H3. The van der Waals surface area contributed by atoms with Crippen LogP contribution in [0.5, 0.6) is 5.75 Å². The van der Waals surface area contributed by atoms with Crippen LogP contribution in [0.2, 0.25) is 0 Å². The maximum absolute atomic E-state index is 10.6. The second kappa shape index (κ2) is 4.40. The van der Waals surface area contributed by atoms with E-state index >= 15 is 0 Å². The lowest BCUT2D eigenvalue weighted by molar-refractivity contribution is -0.118. The quantitative estimate of drug-likeness (QED) is 0.655. The predicted molar refractivity (Wildman–Crippen MR) is 48.0 cm³/mol. The Balaban J connectivity index is 2.75. The van der Waals surface area contributed by atoms with E-state index in [0.717, 1.165) is 0 Å². The summed E-state index contributed by atoms with van der Waals surface area (Å²) in [6, 6.07) is 6.79. The van der Waals surface area contributed by atoms with Gasteiger partial charge in [0.1, 0.15) is 12.4 Å². The van der Waals surface area contributed by atoms with Crippen molar-refractivity contribution in [2.45, 2.75) is 6.92 Å². The van der Waals surface area contributed by atoms with Crippen LogP contribution >= 0.6 is 0 Å². The fourth-order valence-corrected chi connectivity index (χ4v) is 0.889. The van der Waals surface area contributed by atoms with Gasteiger partial charge in [-0.3, -0.25) is 9.59 Å². The largest absolute Gasteiger partial charge is 0.485 e. The molecule has 0 aliphatic heterocycles. The summed E-state index contributed by atoms with van der Waals surface area (Å²) < 4.78 is 5.11. The molecule has 1 aromatic rings. The maximum Gasteiger partial charge on any atom is 0.167 e. The molecule has 0 radical (unpaired) electrons. The Morgan fingerprint density at radius 3 is 2.77 bits per heavy atom. The molecular formula is C10H10O3. The zero-order valence-electron chi connectivity index (χ0n) is 7.32. The van der Waals surface area contributed by atoms with Crippen molar-refractivity contribution in [1.82, 2.24) is 0 Å². The molecule has 0 heterocycles. The predicted octanol–water partition coefficient (Wildman–Crippen LogP) is 1.47. The smallest absolute Gasteiger partial charge is 0.167 e. The lowest BCUT2D eigenvalue weighted by Crippen LogP contribution is -2.07. The van der Waals surface area contributed by atoms with Gasteiger partial charge in [0.05, 0.1) is 5.56 Å². The van der Waals surface area contributed by atoms with E-state index in [0.29, 0.717) is 17.6 Å². The third-order valence-electron chi connectivity index (χ3n) is 1.48. The number of carbonyl (C=O) groups is 2. The van der Waals surface area contributed by atoms with Crippen LogP contribution in [0.4, 0.5) is 0 Å². The monoisotopic (exact) mass is 178 g/mol. The molecular weight excluding hydrogens is 168 g/mol. The minimum atomic E-state index is -0.0688. The van der Waals surface area contributed by atoms with Gasteiger partial charge in [0.2, 0.25) is 0 Å². The fraction of sp³-hybridized carbons (Fsp3) is 0.200. The summed E-state index contributed by atoms with van der Waals surface area (Å²) in [6.45, 7) is 1.44. The highest BCUT2D eigenvalue weighted by Gasteiger charge is 2.01. The number of Topliss-reactive ketones (excluding diaryl/α,β-unsaturated/α-hetero) is 1. The van der Waals surface area contributed by atoms with Crippen molar-refractivity contribution < 1.29 is 14.3 Å². The molecule has 0 spiro atoms. The normalized spacial score (nSPS) is 9.31. The van der Waals surface area contributed by atoms with Crippen molar-refractivity contribution in [3.63, 3.8) is 0 Å². The number of ketones is 1. The van der Waals surface area contributed by atoms with Gasteiger partial charge in [-0.2, -0.15) is 0 Å². The molecule has 0 aromatic heterocycles. The Kier molecular flexibility index (Phi) is 3.20. The first-order valence-electron chi connectivity index (χ1n) is 3.90. The van der Waals surface area contributed by atoms with Crippen LogP contribution in [0.15, 0.2) is 24.3 Å². The number of hydrogen-bond donors (Lipinski definition) is 0. The average Bonchev–Trinajstić information content (AvgIpc) is 2.15. The summed E-state index contributed by atoms with van der Waals surface area (Å²) in [6.07, 6.45) is 0.704. The van der Waals surface area contributed by atoms with Crippen LogP contribution in [0.25, 0.3) is 0 Å². The molecule has 3 heteroatoms. The highest BCUT2D eigenvalue weighted by Crippen LogP contribution is 2.15. The Morgan fingerprint density at radius 2 is 2.15 bits per heavy atom. The van der Waals surface area contributed by atoms with Crippen molar-refractivity contribution in [2.24, 2.45) is 0 Å². The van der Waals surface area contributed by atoms with Gasteiger partial charge >= 0.3 is 0 Å². The van der Waals surface area contributed by atoms with Gasteiger partial charge in [0, 0.05) is 0 Å². The number of para-hydroxylation sites is 1. The van der Waals surface area contributed by atoms with Gasteiger partial charge in [-0.05, 0) is 19.1 Å². The lowest BCUT2D eigenvalue weighted by Gasteiger charge is -2.04. The average molecular weight is 178 g/mol. The molecule has 1 rings (SSSR count). The fourth-order valence-electron chi connectivity index (χ4n) is 0.889. The Labute approximate surface area is 76.3 Å². The Hall–Kier alpha value is -1.64. The third-order valence-corrected chi connectivity index (χ3v) is 1.48. The second-order valence-electron chi connectivity index (χ2n) is 2.65. The van der Waals surface area contributed by atoms with Gasteiger partial charge in [0.15, 0.2) is 12.1 Å².